The molecule has 1 fully saturated rings. The van der Waals surface area contributed by atoms with Crippen LogP contribution < -0.4 is 5.32 Å². The molecule has 7 nitrogen and oxygen atoms in total. The van der Waals surface area contributed by atoms with Gasteiger partial charge in [0.05, 0.1) is 12.5 Å². The van der Waals surface area contributed by atoms with Crippen molar-refractivity contribution < 1.29 is 9.59 Å². The molecule has 20 heavy (non-hydrogen) atoms. The molecule has 1 aliphatic rings. The highest BCUT2D eigenvalue weighted by Gasteiger charge is 2.35. The van der Waals surface area contributed by atoms with Crippen molar-refractivity contribution in [2.24, 2.45) is 5.92 Å². The Labute approximate surface area is 118 Å². The summed E-state index contributed by atoms with van der Waals surface area (Å²) in [6.45, 7) is 7.53. The van der Waals surface area contributed by atoms with Gasteiger partial charge in [-0.2, -0.15) is 0 Å². The van der Waals surface area contributed by atoms with Crippen LogP contribution in [0.1, 0.15) is 33.0 Å². The second kappa shape index (κ2) is 6.02. The molecule has 0 spiro atoms. The summed E-state index contributed by atoms with van der Waals surface area (Å²) in [5, 5.41) is 10.6. The second-order valence-electron chi connectivity index (χ2n) is 5.29. The van der Waals surface area contributed by atoms with E-state index in [0.717, 1.165) is 12.4 Å². The number of hydrogen-bond donors (Lipinski definition) is 1. The summed E-state index contributed by atoms with van der Waals surface area (Å²) < 4.78 is 1.88. The van der Waals surface area contributed by atoms with Crippen LogP contribution in [0.25, 0.3) is 0 Å². The first-order chi connectivity index (χ1) is 9.52. The average molecular weight is 279 g/mol. The number of carbonyl (C=O) groups is 2. The molecule has 0 bridgehead atoms. The van der Waals surface area contributed by atoms with Crippen molar-refractivity contribution >= 4 is 11.8 Å². The van der Waals surface area contributed by atoms with E-state index < -0.39 is 0 Å². The van der Waals surface area contributed by atoms with Crippen LogP contribution in [0.15, 0.2) is 6.33 Å². The molecule has 1 atom stereocenters. The Morgan fingerprint density at radius 3 is 2.90 bits per heavy atom. The molecule has 110 valence electrons. The highest BCUT2D eigenvalue weighted by Crippen LogP contribution is 2.20. The molecule has 1 saturated heterocycles. The van der Waals surface area contributed by atoms with E-state index in [1.165, 1.54) is 0 Å². The molecule has 0 aliphatic carbocycles. The van der Waals surface area contributed by atoms with Gasteiger partial charge in [0.1, 0.15) is 6.33 Å². The number of nitrogens with one attached hydrogen (secondary N) is 1. The highest BCUT2D eigenvalue weighted by atomic mass is 16.2. The summed E-state index contributed by atoms with van der Waals surface area (Å²) in [5.74, 6) is 0.429. The Morgan fingerprint density at radius 1 is 1.55 bits per heavy atom. The van der Waals surface area contributed by atoms with E-state index in [0.29, 0.717) is 19.5 Å². The molecule has 0 saturated carbocycles. The Bertz CT molecular complexity index is 497. The lowest BCUT2D eigenvalue weighted by Gasteiger charge is -2.20. The third kappa shape index (κ3) is 2.97. The lowest BCUT2D eigenvalue weighted by molar-refractivity contribution is -0.130. The van der Waals surface area contributed by atoms with Gasteiger partial charge in [-0.1, -0.05) is 0 Å². The highest BCUT2D eigenvalue weighted by molar-refractivity contribution is 5.89. The van der Waals surface area contributed by atoms with E-state index in [4.69, 9.17) is 0 Å². The SMILES string of the molecule is CCn1cnnc1CNC(=O)[C@@H]1CC(=O)N(C(C)C)C1. The topological polar surface area (TPSA) is 80.1 Å². The van der Waals surface area contributed by atoms with Gasteiger partial charge in [0.15, 0.2) is 5.82 Å². The fourth-order valence-electron chi connectivity index (χ4n) is 2.40. The second-order valence-corrected chi connectivity index (χ2v) is 5.29. The van der Waals surface area contributed by atoms with Gasteiger partial charge >= 0.3 is 0 Å². The largest absolute Gasteiger partial charge is 0.348 e. The first-order valence-corrected chi connectivity index (χ1v) is 6.96. The van der Waals surface area contributed by atoms with Crippen molar-refractivity contribution in [3.63, 3.8) is 0 Å². The van der Waals surface area contributed by atoms with Gasteiger partial charge in [0.2, 0.25) is 11.8 Å². The van der Waals surface area contributed by atoms with Crippen LogP contribution in [0.2, 0.25) is 0 Å². The van der Waals surface area contributed by atoms with Gasteiger partial charge in [0, 0.05) is 25.6 Å². The van der Waals surface area contributed by atoms with Crippen molar-refractivity contribution in [2.75, 3.05) is 6.54 Å². The smallest absolute Gasteiger partial charge is 0.225 e. The molecule has 7 heteroatoms. The molecule has 1 N–H and O–H groups in total. The first kappa shape index (κ1) is 14.5. The summed E-state index contributed by atoms with van der Waals surface area (Å²) in [4.78, 5) is 25.6. The third-order valence-electron chi connectivity index (χ3n) is 3.61. The summed E-state index contributed by atoms with van der Waals surface area (Å²) >= 11 is 0. The molecule has 1 aromatic heterocycles. The van der Waals surface area contributed by atoms with Crippen molar-refractivity contribution in [2.45, 2.75) is 46.3 Å². The Hall–Kier alpha value is -1.92. The molecule has 1 aromatic rings. The van der Waals surface area contributed by atoms with Gasteiger partial charge in [-0.3, -0.25) is 9.59 Å². The number of aromatic nitrogens is 3. The predicted octanol–water partition coefficient (Wildman–Crippen LogP) is 0.171. The van der Waals surface area contributed by atoms with E-state index >= 15 is 0 Å². The van der Waals surface area contributed by atoms with E-state index in [1.54, 1.807) is 11.2 Å². The fraction of sp³-hybridized carbons (Fsp3) is 0.692. The first-order valence-electron chi connectivity index (χ1n) is 6.96. The lowest BCUT2D eigenvalue weighted by atomic mass is 10.1. The van der Waals surface area contributed by atoms with Gasteiger partial charge < -0.3 is 14.8 Å². The van der Waals surface area contributed by atoms with Gasteiger partial charge in [0.25, 0.3) is 0 Å². The van der Waals surface area contributed by atoms with Crippen molar-refractivity contribution in [3.8, 4) is 0 Å². The van der Waals surface area contributed by atoms with Crippen LogP contribution >= 0.6 is 0 Å². The van der Waals surface area contributed by atoms with Crippen LogP contribution in [-0.2, 0) is 22.7 Å². The number of nitrogens with zero attached hydrogens (tertiary/aromatic N) is 4. The third-order valence-corrected chi connectivity index (χ3v) is 3.61. The molecule has 2 heterocycles. The monoisotopic (exact) mass is 279 g/mol. The fourth-order valence-corrected chi connectivity index (χ4v) is 2.40. The molecular weight excluding hydrogens is 258 g/mol. The standard InChI is InChI=1S/C13H21N5O2/c1-4-17-8-15-16-11(17)6-14-13(20)10-5-12(19)18(7-10)9(2)3/h8-10H,4-7H2,1-3H3,(H,14,20)/t10-/m1/s1. The van der Waals surface area contributed by atoms with E-state index in [9.17, 15) is 9.59 Å². The number of hydrogen-bond acceptors (Lipinski definition) is 4. The van der Waals surface area contributed by atoms with Crippen molar-refractivity contribution in [1.82, 2.24) is 25.0 Å². The molecule has 1 aliphatic heterocycles. The molecule has 0 aromatic carbocycles. The zero-order chi connectivity index (χ0) is 14.7. The molecular formula is C13H21N5O2. The van der Waals surface area contributed by atoms with Crippen LogP contribution in [-0.4, -0.2) is 44.1 Å². The van der Waals surface area contributed by atoms with E-state index in [2.05, 4.69) is 15.5 Å². The summed E-state index contributed by atoms with van der Waals surface area (Å²) in [6, 6.07) is 0.142. The number of carbonyl (C=O) groups excluding carboxylic acids is 2. The minimum absolute atomic E-state index is 0.0527. The van der Waals surface area contributed by atoms with E-state index in [1.807, 2.05) is 25.3 Å². The Morgan fingerprint density at radius 2 is 2.30 bits per heavy atom. The van der Waals surface area contributed by atoms with Gasteiger partial charge in [-0.05, 0) is 20.8 Å². The summed E-state index contributed by atoms with van der Waals surface area (Å²) in [6.07, 6.45) is 1.94. The lowest BCUT2D eigenvalue weighted by Crippen LogP contribution is -2.35. The maximum Gasteiger partial charge on any atom is 0.225 e. The number of aryl methyl sites for hydroxylation is 1. The normalized spacial score (nSPS) is 18.9. The molecule has 2 rings (SSSR count). The van der Waals surface area contributed by atoms with Gasteiger partial charge in [-0.25, -0.2) is 0 Å². The van der Waals surface area contributed by atoms with Gasteiger partial charge in [-0.15, -0.1) is 10.2 Å². The average Bonchev–Trinajstić information content (AvgIpc) is 3.01. The van der Waals surface area contributed by atoms with Crippen LogP contribution in [0.5, 0.6) is 0 Å². The van der Waals surface area contributed by atoms with Crippen LogP contribution in [0.3, 0.4) is 0 Å². The maximum atomic E-state index is 12.1. The maximum absolute atomic E-state index is 12.1. The van der Waals surface area contributed by atoms with Crippen LogP contribution in [0.4, 0.5) is 0 Å². The van der Waals surface area contributed by atoms with Crippen LogP contribution in [0, 0.1) is 5.92 Å². The van der Waals surface area contributed by atoms with Crippen molar-refractivity contribution in [1.29, 1.82) is 0 Å². The Kier molecular flexibility index (Phi) is 4.36. The summed E-state index contributed by atoms with van der Waals surface area (Å²) in [7, 11) is 0. The minimum Gasteiger partial charge on any atom is -0.348 e. The Balaban J connectivity index is 1.89. The number of rotatable bonds is 5. The van der Waals surface area contributed by atoms with E-state index in [-0.39, 0.29) is 23.8 Å². The quantitative estimate of drug-likeness (QED) is 0.833. The predicted molar refractivity (Wildman–Crippen MR) is 72.5 cm³/mol. The molecule has 2 amide bonds. The molecule has 0 radical (unpaired) electrons. The number of amides is 2. The summed E-state index contributed by atoms with van der Waals surface area (Å²) in [5.41, 5.74) is 0. The molecule has 0 unspecified atom stereocenters. The zero-order valence-corrected chi connectivity index (χ0v) is 12.2. The zero-order valence-electron chi connectivity index (χ0n) is 12.2. The minimum atomic E-state index is -0.261. The number of likely N-dealkylation sites (tertiary alicyclic amines) is 1. The van der Waals surface area contributed by atoms with Crippen molar-refractivity contribution in [3.05, 3.63) is 12.2 Å².